The molecule has 0 bridgehead atoms. The molecule has 1 N–H and O–H groups in total. The second-order valence-corrected chi connectivity index (χ2v) is 9.23. The van der Waals surface area contributed by atoms with Gasteiger partial charge >= 0.3 is 0 Å². The third-order valence-corrected chi connectivity index (χ3v) is 6.84. The fourth-order valence-corrected chi connectivity index (χ4v) is 4.89. The van der Waals surface area contributed by atoms with E-state index in [1.807, 2.05) is 18.2 Å². The van der Waals surface area contributed by atoms with Gasteiger partial charge in [-0.25, -0.2) is 9.37 Å². The van der Waals surface area contributed by atoms with Crippen molar-refractivity contribution >= 4 is 18.4 Å². The molecule has 1 saturated heterocycles. The molecule has 192 valence electrons. The molecule has 4 aromatic rings. The molecule has 1 atom stereocenters. The van der Waals surface area contributed by atoms with E-state index in [4.69, 9.17) is 4.98 Å². The van der Waals surface area contributed by atoms with Crippen molar-refractivity contribution in [2.24, 2.45) is 7.05 Å². The summed E-state index contributed by atoms with van der Waals surface area (Å²) < 4.78 is 15.2. The topological polar surface area (TPSA) is 63.1 Å². The van der Waals surface area contributed by atoms with Gasteiger partial charge in [0.25, 0.3) is 5.56 Å². The summed E-state index contributed by atoms with van der Waals surface area (Å²) in [7, 11) is 1.73. The quantitative estimate of drug-likeness (QED) is 0.347. The minimum absolute atomic E-state index is 0. The van der Waals surface area contributed by atoms with Crippen molar-refractivity contribution in [1.82, 2.24) is 19.4 Å². The van der Waals surface area contributed by atoms with E-state index in [0.29, 0.717) is 29.3 Å². The van der Waals surface area contributed by atoms with Gasteiger partial charge in [0.05, 0.1) is 11.3 Å². The minimum Gasteiger partial charge on any atom is -0.354 e. The number of anilines is 1. The second-order valence-electron chi connectivity index (χ2n) is 9.23. The van der Waals surface area contributed by atoms with Gasteiger partial charge < -0.3 is 5.32 Å². The van der Waals surface area contributed by atoms with Crippen LogP contribution in [0.1, 0.15) is 18.4 Å². The third kappa shape index (κ3) is 6.06. The Morgan fingerprint density at radius 1 is 0.946 bits per heavy atom. The van der Waals surface area contributed by atoms with E-state index in [-0.39, 0.29) is 29.8 Å². The first-order valence-electron chi connectivity index (χ1n) is 12.4. The van der Waals surface area contributed by atoms with Gasteiger partial charge in [-0.05, 0) is 67.7 Å². The minimum atomic E-state index is -0.348. The van der Waals surface area contributed by atoms with Crippen molar-refractivity contribution in [1.29, 1.82) is 0 Å². The second kappa shape index (κ2) is 12.1. The van der Waals surface area contributed by atoms with Gasteiger partial charge in [-0.15, -0.1) is 12.4 Å². The highest BCUT2D eigenvalue weighted by Gasteiger charge is 2.24. The maximum atomic E-state index is 13.6. The summed E-state index contributed by atoms with van der Waals surface area (Å²) in [5.41, 5.74) is 3.51. The van der Waals surface area contributed by atoms with Crippen LogP contribution in [0.3, 0.4) is 0 Å². The molecule has 0 amide bonds. The molecule has 5 rings (SSSR count). The Labute approximate surface area is 222 Å². The van der Waals surface area contributed by atoms with E-state index in [0.717, 1.165) is 25.1 Å². The number of likely N-dealkylation sites (tertiary alicyclic amines) is 1. The van der Waals surface area contributed by atoms with Crippen LogP contribution in [0.15, 0.2) is 83.9 Å². The van der Waals surface area contributed by atoms with Crippen LogP contribution < -0.4 is 10.9 Å². The van der Waals surface area contributed by atoms with E-state index >= 15 is 0 Å². The number of hydrogen-bond donors (Lipinski definition) is 1. The Balaban J connectivity index is 0.00000320. The van der Waals surface area contributed by atoms with Gasteiger partial charge in [0.2, 0.25) is 5.95 Å². The van der Waals surface area contributed by atoms with Crippen molar-refractivity contribution in [3.63, 3.8) is 0 Å². The molecule has 0 aliphatic carbocycles. The molecule has 0 radical (unpaired) electrons. The normalized spacial score (nSPS) is 14.2. The Morgan fingerprint density at radius 3 is 2.30 bits per heavy atom. The number of nitrogens with zero attached hydrogens (tertiary/aromatic N) is 4. The summed E-state index contributed by atoms with van der Waals surface area (Å²) in [5.74, 6) is 0.161. The first-order valence-corrected chi connectivity index (χ1v) is 12.4. The van der Waals surface area contributed by atoms with Crippen molar-refractivity contribution in [2.45, 2.75) is 25.3 Å². The van der Waals surface area contributed by atoms with Crippen LogP contribution >= 0.6 is 12.4 Å². The van der Waals surface area contributed by atoms with Gasteiger partial charge in [0, 0.05) is 37.6 Å². The maximum Gasteiger partial charge on any atom is 0.263 e. The van der Waals surface area contributed by atoms with Gasteiger partial charge in [-0.1, -0.05) is 42.5 Å². The Kier molecular flexibility index (Phi) is 8.69. The standard InChI is InChI=1S/C29H30FN5O.ClH/c1-34-28(36)26(22-9-11-24(30)12-10-22)27(23-13-15-31-16-14-23)33-29(34)32-20-25(35-17-5-6-18-35)19-21-7-3-2-4-8-21;/h2-4,7-16,25H,5-6,17-20H2,1H3,(H,32,33);1H. The molecule has 3 heterocycles. The largest absolute Gasteiger partial charge is 0.354 e. The average molecular weight is 520 g/mol. The Bertz CT molecular complexity index is 1360. The highest BCUT2D eigenvalue weighted by atomic mass is 35.5. The zero-order chi connectivity index (χ0) is 24.9. The molecular formula is C29H31ClFN5O. The number of rotatable bonds is 8. The SMILES string of the molecule is Cl.Cn1c(NCC(Cc2ccccc2)N2CCCC2)nc(-c2ccncc2)c(-c2ccc(F)cc2)c1=O. The molecule has 6 nitrogen and oxygen atoms in total. The van der Waals surface area contributed by atoms with Crippen molar-refractivity contribution < 1.29 is 4.39 Å². The lowest BCUT2D eigenvalue weighted by molar-refractivity contribution is 0.250. The lowest BCUT2D eigenvalue weighted by Crippen LogP contribution is -2.40. The van der Waals surface area contributed by atoms with Crippen LogP contribution in [0.2, 0.25) is 0 Å². The molecule has 2 aromatic heterocycles. The smallest absolute Gasteiger partial charge is 0.263 e. The first-order chi connectivity index (χ1) is 17.6. The summed E-state index contributed by atoms with van der Waals surface area (Å²) >= 11 is 0. The predicted octanol–water partition coefficient (Wildman–Crippen LogP) is 5.19. The van der Waals surface area contributed by atoms with Gasteiger partial charge in [-0.2, -0.15) is 0 Å². The van der Waals surface area contributed by atoms with E-state index in [2.05, 4.69) is 39.5 Å². The summed E-state index contributed by atoms with van der Waals surface area (Å²) in [6.45, 7) is 2.83. The number of aromatic nitrogens is 3. The molecule has 2 aromatic carbocycles. The van der Waals surface area contributed by atoms with E-state index < -0.39 is 0 Å². The monoisotopic (exact) mass is 519 g/mol. The third-order valence-electron chi connectivity index (χ3n) is 6.84. The zero-order valence-corrected chi connectivity index (χ0v) is 21.6. The fourth-order valence-electron chi connectivity index (χ4n) is 4.89. The van der Waals surface area contributed by atoms with Crippen LogP contribution in [0, 0.1) is 5.82 Å². The molecule has 37 heavy (non-hydrogen) atoms. The predicted molar refractivity (Wildman–Crippen MR) is 149 cm³/mol. The lowest BCUT2D eigenvalue weighted by atomic mass is 10.0. The van der Waals surface area contributed by atoms with Crippen LogP contribution in [0.5, 0.6) is 0 Å². The number of pyridine rings is 1. The van der Waals surface area contributed by atoms with Crippen LogP contribution in [0.4, 0.5) is 10.3 Å². The number of hydrogen-bond acceptors (Lipinski definition) is 5. The van der Waals surface area contributed by atoms with Crippen molar-refractivity contribution in [3.05, 3.63) is 101 Å². The van der Waals surface area contributed by atoms with Crippen molar-refractivity contribution in [3.8, 4) is 22.4 Å². The summed E-state index contributed by atoms with van der Waals surface area (Å²) in [6.07, 6.45) is 6.70. The number of nitrogens with one attached hydrogen (secondary N) is 1. The first kappa shape index (κ1) is 26.5. The van der Waals surface area contributed by atoms with E-state index in [1.54, 1.807) is 36.1 Å². The molecular weight excluding hydrogens is 489 g/mol. The zero-order valence-electron chi connectivity index (χ0n) is 20.8. The van der Waals surface area contributed by atoms with E-state index in [9.17, 15) is 9.18 Å². The summed E-state index contributed by atoms with van der Waals surface area (Å²) in [5, 5.41) is 3.48. The molecule has 0 saturated carbocycles. The number of halogens is 2. The highest BCUT2D eigenvalue weighted by Crippen LogP contribution is 2.29. The maximum absolute atomic E-state index is 13.6. The van der Waals surface area contributed by atoms with Crippen molar-refractivity contribution in [2.75, 3.05) is 25.0 Å². The van der Waals surface area contributed by atoms with Crippen LogP contribution in [-0.2, 0) is 13.5 Å². The molecule has 1 aliphatic rings. The summed E-state index contributed by atoms with van der Waals surface area (Å²) in [6, 6.07) is 20.4. The molecule has 1 aliphatic heterocycles. The number of benzene rings is 2. The fraction of sp³-hybridized carbons (Fsp3) is 0.276. The molecule has 8 heteroatoms. The Hall–Kier alpha value is -3.55. The highest BCUT2D eigenvalue weighted by molar-refractivity contribution is 5.85. The van der Waals surface area contributed by atoms with E-state index in [1.165, 1.54) is 30.5 Å². The van der Waals surface area contributed by atoms with Gasteiger partial charge in [0.15, 0.2) is 0 Å². The van der Waals surface area contributed by atoms with Gasteiger partial charge in [-0.3, -0.25) is 19.2 Å². The average Bonchev–Trinajstić information content (AvgIpc) is 3.45. The molecule has 1 unspecified atom stereocenters. The lowest BCUT2D eigenvalue weighted by Gasteiger charge is -2.28. The Morgan fingerprint density at radius 2 is 1.62 bits per heavy atom. The summed E-state index contributed by atoms with van der Waals surface area (Å²) in [4.78, 5) is 25.2. The van der Waals surface area contributed by atoms with Gasteiger partial charge in [0.1, 0.15) is 5.82 Å². The van der Waals surface area contributed by atoms with Crippen LogP contribution in [-0.4, -0.2) is 45.1 Å². The molecule has 1 fully saturated rings. The molecule has 0 spiro atoms. The van der Waals surface area contributed by atoms with Crippen LogP contribution in [0.25, 0.3) is 22.4 Å².